The van der Waals surface area contributed by atoms with Gasteiger partial charge < -0.3 is 19.8 Å². The van der Waals surface area contributed by atoms with Crippen LogP contribution in [0, 0.1) is 11.8 Å². The van der Waals surface area contributed by atoms with E-state index in [0.29, 0.717) is 0 Å². The van der Waals surface area contributed by atoms with Crippen LogP contribution in [-0.4, -0.2) is 23.5 Å². The normalized spacial score (nSPS) is 8.82. The van der Waals surface area contributed by atoms with E-state index in [1.807, 2.05) is 0 Å². The van der Waals surface area contributed by atoms with Crippen LogP contribution in [0.2, 0.25) is 0 Å². The van der Waals surface area contributed by atoms with E-state index in [-0.39, 0.29) is 19.5 Å². The van der Waals surface area contributed by atoms with Crippen molar-refractivity contribution in [1.29, 1.82) is 0 Å². The van der Waals surface area contributed by atoms with Crippen LogP contribution in [0.5, 0.6) is 0 Å². The van der Waals surface area contributed by atoms with Gasteiger partial charge in [-0.1, -0.05) is 27.7 Å². The molecule has 0 aliphatic carbocycles. The fraction of sp³-hybridized carbons (Fsp3) is 0.600. The molecule has 0 aromatic heterocycles. The van der Waals surface area contributed by atoms with Crippen molar-refractivity contribution in [2.45, 2.75) is 27.7 Å². The second-order valence-corrected chi connectivity index (χ2v) is 3.61. The Hall–Kier alpha value is -1.10. The molecule has 0 saturated carbocycles. The number of Topliss-reactive ketones (excluding diaryl/α,β-unsaturated/α-hetero) is 2. The number of hydrogen-bond acceptors (Lipinski definition) is 6. The van der Waals surface area contributed by atoms with Crippen molar-refractivity contribution in [3.8, 4) is 0 Å². The van der Waals surface area contributed by atoms with Crippen molar-refractivity contribution in [2.75, 3.05) is 0 Å². The predicted octanol–water partition coefficient (Wildman–Crippen LogP) is -2.08. The van der Waals surface area contributed by atoms with Gasteiger partial charge in [-0.25, -0.2) is 0 Å². The zero-order valence-corrected chi connectivity index (χ0v) is 13.3. The monoisotopic (exact) mass is 294 g/mol. The average Bonchev–Trinajstić information content (AvgIpc) is 2.15. The number of hydrogen-bond donors (Lipinski definition) is 0. The Morgan fingerprint density at radius 1 is 0.706 bits per heavy atom. The molecule has 17 heavy (non-hydrogen) atoms. The first-order valence-corrected chi connectivity index (χ1v) is 4.61. The summed E-state index contributed by atoms with van der Waals surface area (Å²) in [5, 5.41) is 19.4. The van der Waals surface area contributed by atoms with E-state index in [9.17, 15) is 29.4 Å². The van der Waals surface area contributed by atoms with E-state index < -0.39 is 35.3 Å². The summed E-state index contributed by atoms with van der Waals surface area (Å²) in [5.41, 5.74) is 0. The Morgan fingerprint density at radius 3 is 0.882 bits per heavy atom. The molecule has 0 radical (unpaired) electrons. The van der Waals surface area contributed by atoms with Crippen LogP contribution in [0.25, 0.3) is 0 Å². The van der Waals surface area contributed by atoms with Gasteiger partial charge in [0.2, 0.25) is 0 Å². The van der Waals surface area contributed by atoms with Gasteiger partial charge in [-0.3, -0.25) is 9.59 Å². The summed E-state index contributed by atoms with van der Waals surface area (Å²) in [7, 11) is 0. The van der Waals surface area contributed by atoms with Gasteiger partial charge in [0.15, 0.2) is 11.6 Å². The summed E-state index contributed by atoms with van der Waals surface area (Å²) in [5.74, 6) is -5.80. The first kappa shape index (κ1) is 21.2. The van der Waals surface area contributed by atoms with Crippen molar-refractivity contribution in [3.05, 3.63) is 0 Å². The average molecular weight is 296 g/mol. The van der Waals surface area contributed by atoms with Crippen LogP contribution >= 0.6 is 0 Å². The van der Waals surface area contributed by atoms with E-state index in [1.54, 1.807) is 0 Å². The zero-order valence-electron chi connectivity index (χ0n) is 10.3. The van der Waals surface area contributed by atoms with E-state index in [1.165, 1.54) is 27.7 Å². The first-order valence-electron chi connectivity index (χ1n) is 4.61. The van der Waals surface area contributed by atoms with Gasteiger partial charge in [0.05, 0.1) is 0 Å². The van der Waals surface area contributed by atoms with Crippen LogP contribution < -0.4 is 10.2 Å². The van der Waals surface area contributed by atoms with Crippen molar-refractivity contribution in [2.24, 2.45) is 11.8 Å². The largest absolute Gasteiger partial charge is 2.00 e. The number of carboxylic acids is 2. The summed E-state index contributed by atoms with van der Waals surface area (Å²) in [6, 6.07) is 0. The quantitative estimate of drug-likeness (QED) is 0.434. The molecule has 0 N–H and O–H groups in total. The van der Waals surface area contributed by atoms with Gasteiger partial charge in [-0.2, -0.15) is 0 Å². The molecule has 0 aromatic rings. The van der Waals surface area contributed by atoms with Crippen LogP contribution in [-0.2, 0) is 38.7 Å². The molecule has 0 saturated heterocycles. The maximum absolute atomic E-state index is 10.2. The molecule has 0 unspecified atom stereocenters. The Bertz CT molecular complexity index is 265. The summed E-state index contributed by atoms with van der Waals surface area (Å²) in [6.45, 7) is 6.05. The summed E-state index contributed by atoms with van der Waals surface area (Å²) >= 11 is 0. The van der Waals surface area contributed by atoms with Crippen LogP contribution in [0.3, 0.4) is 0 Å². The molecule has 0 atom stereocenters. The van der Waals surface area contributed by atoms with Crippen LogP contribution in [0.15, 0.2) is 0 Å². The van der Waals surface area contributed by atoms with Gasteiger partial charge in [0.1, 0.15) is 11.9 Å². The van der Waals surface area contributed by atoms with E-state index in [2.05, 4.69) is 0 Å². The van der Waals surface area contributed by atoms with Gasteiger partial charge in [-0.15, -0.1) is 0 Å². The van der Waals surface area contributed by atoms with Gasteiger partial charge in [-0.05, 0) is 0 Å². The second kappa shape index (κ2) is 10.1. The fourth-order valence-corrected chi connectivity index (χ4v) is 0.471. The molecule has 0 spiro atoms. The number of ketones is 2. The number of rotatable bonds is 4. The molecular formula is C10H14O6Zn. The topological polar surface area (TPSA) is 114 Å². The minimum atomic E-state index is -1.60. The number of aliphatic carboxylic acids is 2. The third-order valence-electron chi connectivity index (χ3n) is 1.45. The molecule has 0 amide bonds. The zero-order chi connectivity index (χ0) is 13.5. The van der Waals surface area contributed by atoms with Crippen molar-refractivity contribution < 1.29 is 48.9 Å². The van der Waals surface area contributed by atoms with Gasteiger partial charge in [0, 0.05) is 11.8 Å². The molecule has 7 heteroatoms. The fourth-order valence-electron chi connectivity index (χ4n) is 0.471. The Balaban J connectivity index is -0.000000218. The molecule has 0 aliphatic heterocycles. The third-order valence-corrected chi connectivity index (χ3v) is 1.45. The molecule has 0 heterocycles. The maximum Gasteiger partial charge on any atom is 2.00 e. The second-order valence-electron chi connectivity index (χ2n) is 3.61. The standard InChI is InChI=1S/2C5H8O3.Zn/c2*1-3(2)4(6)5(7)8;/h2*3H,1-2H3,(H,7,8);/q;;+2/p-2. The van der Waals surface area contributed by atoms with E-state index >= 15 is 0 Å². The van der Waals surface area contributed by atoms with Crippen molar-refractivity contribution >= 4 is 23.5 Å². The minimum Gasteiger partial charge on any atom is -0.542 e. The molecule has 0 aromatic carbocycles. The van der Waals surface area contributed by atoms with Gasteiger partial charge in [0.25, 0.3) is 0 Å². The molecule has 0 aliphatic rings. The van der Waals surface area contributed by atoms with Crippen molar-refractivity contribution in [1.82, 2.24) is 0 Å². The minimum absolute atomic E-state index is 0. The van der Waals surface area contributed by atoms with Gasteiger partial charge >= 0.3 is 19.5 Å². The summed E-state index contributed by atoms with van der Waals surface area (Å²) in [6.07, 6.45) is 0. The SMILES string of the molecule is CC(C)C(=O)C(=O)[O-].CC(C)C(=O)C(=O)[O-].[Zn+2]. The predicted molar refractivity (Wildman–Crippen MR) is 49.7 cm³/mol. The molecule has 6 nitrogen and oxygen atoms in total. The van der Waals surface area contributed by atoms with E-state index in [4.69, 9.17) is 0 Å². The third kappa shape index (κ3) is 11.2. The molecular weight excluding hydrogens is 281 g/mol. The number of carbonyl (C=O) groups excluding carboxylic acids is 4. The molecule has 0 fully saturated rings. The summed E-state index contributed by atoms with van der Waals surface area (Å²) in [4.78, 5) is 39.7. The Labute approximate surface area is 112 Å². The molecule has 0 bridgehead atoms. The maximum atomic E-state index is 10.2. The Morgan fingerprint density at radius 2 is 0.882 bits per heavy atom. The smallest absolute Gasteiger partial charge is 0.542 e. The van der Waals surface area contributed by atoms with E-state index in [0.717, 1.165) is 0 Å². The van der Waals surface area contributed by atoms with Crippen LogP contribution in [0.1, 0.15) is 27.7 Å². The van der Waals surface area contributed by atoms with Crippen LogP contribution in [0.4, 0.5) is 0 Å². The Kier molecular flexibility index (Phi) is 12.6. The summed E-state index contributed by atoms with van der Waals surface area (Å²) < 4.78 is 0. The molecule has 92 valence electrons. The first-order chi connectivity index (χ1) is 7.11. The molecule has 0 rings (SSSR count). The van der Waals surface area contributed by atoms with Crippen molar-refractivity contribution in [3.63, 3.8) is 0 Å². The number of carboxylic acid groups (broad SMARTS) is 2. The number of carbonyl (C=O) groups is 4.